The van der Waals surface area contributed by atoms with E-state index >= 15 is 0 Å². The Hall–Kier alpha value is -2.90. The van der Waals surface area contributed by atoms with E-state index in [-0.39, 0.29) is 11.3 Å². The van der Waals surface area contributed by atoms with Crippen molar-refractivity contribution in [1.29, 1.82) is 0 Å². The number of carbonyl (C=O) groups is 3. The summed E-state index contributed by atoms with van der Waals surface area (Å²) in [6, 6.07) is 4.39. The van der Waals surface area contributed by atoms with Crippen LogP contribution in [0.3, 0.4) is 0 Å². The first kappa shape index (κ1) is 18.1. The molecule has 0 unspecified atom stereocenters. The van der Waals surface area contributed by atoms with Gasteiger partial charge in [0.25, 0.3) is 0 Å². The summed E-state index contributed by atoms with van der Waals surface area (Å²) in [4.78, 5) is 33.9. The average Bonchev–Trinajstić information content (AvgIpc) is 2.54. The molecule has 0 bridgehead atoms. The van der Waals surface area contributed by atoms with E-state index in [1.165, 1.54) is 25.5 Å². The molecule has 0 spiro atoms. The minimum Gasteiger partial charge on any atom is -0.496 e. The van der Waals surface area contributed by atoms with Gasteiger partial charge < -0.3 is 15.2 Å². The molecule has 0 aromatic heterocycles. The van der Waals surface area contributed by atoms with Gasteiger partial charge in [-0.15, -0.1) is 0 Å². The standard InChI is InChI=1S/C15H19N3O5/c1-3-4-7-16-13(19)14(20)18-17-9-10-5-6-12(23-2)11(8-10)15(21)22/h5-6,8-9H,3-4,7H2,1-2H3,(H,16,19)(H,18,20)(H,21,22)/b17-9-. The Morgan fingerprint density at radius 1 is 1.30 bits per heavy atom. The van der Waals surface area contributed by atoms with Crippen LogP contribution in [-0.4, -0.2) is 42.8 Å². The van der Waals surface area contributed by atoms with E-state index in [0.717, 1.165) is 12.8 Å². The van der Waals surface area contributed by atoms with E-state index in [4.69, 9.17) is 9.84 Å². The first-order chi connectivity index (χ1) is 11.0. The summed E-state index contributed by atoms with van der Waals surface area (Å²) in [5, 5.41) is 15.1. The molecule has 0 atom stereocenters. The van der Waals surface area contributed by atoms with Crippen molar-refractivity contribution in [3.8, 4) is 5.75 Å². The number of ether oxygens (including phenoxy) is 1. The van der Waals surface area contributed by atoms with E-state index in [1.54, 1.807) is 6.07 Å². The highest BCUT2D eigenvalue weighted by atomic mass is 16.5. The molecule has 0 aliphatic carbocycles. The molecule has 1 aromatic carbocycles. The number of carboxylic acid groups (broad SMARTS) is 1. The molecule has 0 aliphatic rings. The maximum atomic E-state index is 11.5. The van der Waals surface area contributed by atoms with Crippen LogP contribution in [0.15, 0.2) is 23.3 Å². The summed E-state index contributed by atoms with van der Waals surface area (Å²) in [6.45, 7) is 2.39. The molecular weight excluding hydrogens is 302 g/mol. The molecule has 2 amide bonds. The fraction of sp³-hybridized carbons (Fsp3) is 0.333. The summed E-state index contributed by atoms with van der Waals surface area (Å²) in [6.07, 6.45) is 2.93. The van der Waals surface area contributed by atoms with Crippen LogP contribution < -0.4 is 15.5 Å². The van der Waals surface area contributed by atoms with Crippen molar-refractivity contribution in [2.45, 2.75) is 19.8 Å². The molecule has 1 rings (SSSR count). The van der Waals surface area contributed by atoms with Crippen LogP contribution in [0.2, 0.25) is 0 Å². The number of nitrogens with zero attached hydrogens (tertiary/aromatic N) is 1. The van der Waals surface area contributed by atoms with Crippen LogP contribution >= 0.6 is 0 Å². The fourth-order valence-electron chi connectivity index (χ4n) is 1.65. The Bertz CT molecular complexity index is 613. The Labute approximate surface area is 133 Å². The molecule has 3 N–H and O–H groups in total. The third kappa shape index (κ3) is 5.77. The van der Waals surface area contributed by atoms with E-state index in [2.05, 4.69) is 15.8 Å². The van der Waals surface area contributed by atoms with Crippen molar-refractivity contribution in [2.24, 2.45) is 5.10 Å². The van der Waals surface area contributed by atoms with E-state index in [1.807, 2.05) is 6.92 Å². The minimum atomic E-state index is -1.14. The predicted molar refractivity (Wildman–Crippen MR) is 83.6 cm³/mol. The van der Waals surface area contributed by atoms with Gasteiger partial charge in [0.2, 0.25) is 0 Å². The van der Waals surface area contributed by atoms with Crippen molar-refractivity contribution in [3.63, 3.8) is 0 Å². The highest BCUT2D eigenvalue weighted by molar-refractivity contribution is 6.35. The lowest BCUT2D eigenvalue weighted by Gasteiger charge is -2.05. The van der Waals surface area contributed by atoms with Crippen molar-refractivity contribution in [2.75, 3.05) is 13.7 Å². The van der Waals surface area contributed by atoms with Gasteiger partial charge in [0.15, 0.2) is 0 Å². The molecular formula is C15H19N3O5. The van der Waals surface area contributed by atoms with Gasteiger partial charge in [-0.1, -0.05) is 13.3 Å². The number of aromatic carboxylic acids is 1. The molecule has 8 nitrogen and oxygen atoms in total. The number of benzene rings is 1. The van der Waals surface area contributed by atoms with Gasteiger partial charge in [-0.05, 0) is 30.2 Å². The highest BCUT2D eigenvalue weighted by Crippen LogP contribution is 2.18. The number of amides is 2. The van der Waals surface area contributed by atoms with E-state index in [9.17, 15) is 14.4 Å². The SMILES string of the molecule is CCCCNC(=O)C(=O)N/N=C\c1ccc(OC)c(C(=O)O)c1. The Morgan fingerprint density at radius 2 is 2.04 bits per heavy atom. The van der Waals surface area contributed by atoms with Gasteiger partial charge in [-0.3, -0.25) is 9.59 Å². The van der Waals surface area contributed by atoms with Crippen LogP contribution in [0, 0.1) is 0 Å². The molecule has 8 heteroatoms. The zero-order valence-electron chi connectivity index (χ0n) is 13.0. The molecule has 0 fully saturated rings. The number of carboxylic acids is 1. The highest BCUT2D eigenvalue weighted by Gasteiger charge is 2.12. The summed E-state index contributed by atoms with van der Waals surface area (Å²) < 4.78 is 4.93. The molecule has 0 saturated heterocycles. The molecule has 1 aromatic rings. The van der Waals surface area contributed by atoms with Crippen LogP contribution in [0.1, 0.15) is 35.7 Å². The van der Waals surface area contributed by atoms with Crippen molar-refractivity contribution >= 4 is 24.0 Å². The monoisotopic (exact) mass is 321 g/mol. The second-order valence-corrected chi connectivity index (χ2v) is 4.57. The second-order valence-electron chi connectivity index (χ2n) is 4.57. The number of nitrogens with one attached hydrogen (secondary N) is 2. The van der Waals surface area contributed by atoms with Crippen molar-refractivity contribution in [3.05, 3.63) is 29.3 Å². The quantitative estimate of drug-likeness (QED) is 0.297. The number of methoxy groups -OCH3 is 1. The minimum absolute atomic E-state index is 0.0277. The van der Waals surface area contributed by atoms with Crippen molar-refractivity contribution in [1.82, 2.24) is 10.7 Å². The lowest BCUT2D eigenvalue weighted by Crippen LogP contribution is -2.38. The maximum absolute atomic E-state index is 11.5. The first-order valence-corrected chi connectivity index (χ1v) is 7.02. The smallest absolute Gasteiger partial charge is 0.339 e. The zero-order valence-corrected chi connectivity index (χ0v) is 13.0. The van der Waals surface area contributed by atoms with Gasteiger partial charge in [-0.25, -0.2) is 10.2 Å². The molecule has 23 heavy (non-hydrogen) atoms. The molecule has 0 saturated carbocycles. The molecule has 124 valence electrons. The summed E-state index contributed by atoms with van der Waals surface area (Å²) in [5.74, 6) is -2.58. The van der Waals surface area contributed by atoms with Crippen molar-refractivity contribution < 1.29 is 24.2 Å². The summed E-state index contributed by atoms with van der Waals surface area (Å²) in [5.41, 5.74) is 2.49. The number of rotatable bonds is 7. The predicted octanol–water partition coefficient (Wildman–Crippen LogP) is 0.760. The van der Waals surface area contributed by atoms with Gasteiger partial charge in [0.05, 0.1) is 13.3 Å². The molecule has 0 aliphatic heterocycles. The normalized spacial score (nSPS) is 10.3. The zero-order chi connectivity index (χ0) is 17.2. The fourth-order valence-corrected chi connectivity index (χ4v) is 1.65. The van der Waals surface area contributed by atoms with Crippen LogP contribution in [0.4, 0.5) is 0 Å². The third-order valence-electron chi connectivity index (χ3n) is 2.86. The average molecular weight is 321 g/mol. The molecule has 0 heterocycles. The largest absolute Gasteiger partial charge is 0.496 e. The Kier molecular flexibility index (Phi) is 7.25. The topological polar surface area (TPSA) is 117 Å². The van der Waals surface area contributed by atoms with Crippen LogP contribution in [0.5, 0.6) is 5.75 Å². The lowest BCUT2D eigenvalue weighted by atomic mass is 10.1. The maximum Gasteiger partial charge on any atom is 0.339 e. The first-order valence-electron chi connectivity index (χ1n) is 7.02. The lowest BCUT2D eigenvalue weighted by molar-refractivity contribution is -0.139. The van der Waals surface area contributed by atoms with Gasteiger partial charge in [0.1, 0.15) is 11.3 Å². The van der Waals surface area contributed by atoms with E-state index in [0.29, 0.717) is 12.1 Å². The van der Waals surface area contributed by atoms with Crippen LogP contribution in [-0.2, 0) is 9.59 Å². The Balaban J connectivity index is 2.64. The van der Waals surface area contributed by atoms with E-state index < -0.39 is 17.8 Å². The number of carbonyl (C=O) groups excluding carboxylic acids is 2. The van der Waals surface area contributed by atoms with Gasteiger partial charge in [-0.2, -0.15) is 5.10 Å². The summed E-state index contributed by atoms with van der Waals surface area (Å²) >= 11 is 0. The number of unbranched alkanes of at least 4 members (excludes halogenated alkanes) is 1. The molecule has 0 radical (unpaired) electrons. The van der Waals surface area contributed by atoms with Gasteiger partial charge >= 0.3 is 17.8 Å². The van der Waals surface area contributed by atoms with Gasteiger partial charge in [0, 0.05) is 6.54 Å². The number of hydrogen-bond donors (Lipinski definition) is 3. The van der Waals surface area contributed by atoms with Crippen LogP contribution in [0.25, 0.3) is 0 Å². The number of hydrazone groups is 1. The third-order valence-corrected chi connectivity index (χ3v) is 2.86. The number of hydrogen-bond acceptors (Lipinski definition) is 5. The Morgan fingerprint density at radius 3 is 2.65 bits per heavy atom. The second kappa shape index (κ2) is 9.19. The summed E-state index contributed by atoms with van der Waals surface area (Å²) in [7, 11) is 1.37.